The molecular weight excluding hydrogens is 466 g/mol. The average Bonchev–Trinajstić information content (AvgIpc) is 2.92. The lowest BCUT2D eigenvalue weighted by atomic mass is 9.86. The molecule has 0 amide bonds. The van der Waals surface area contributed by atoms with E-state index in [1.807, 2.05) is 43.3 Å². The molecule has 194 valence electrons. The van der Waals surface area contributed by atoms with Gasteiger partial charge in [0.05, 0.1) is 6.61 Å². The number of hydrogen-bond acceptors (Lipinski definition) is 6. The summed E-state index contributed by atoms with van der Waals surface area (Å²) < 4.78 is 12.6. The number of aromatic hydroxyl groups is 2. The highest BCUT2D eigenvalue weighted by Gasteiger charge is 2.30. The van der Waals surface area contributed by atoms with Gasteiger partial charge in [-0.25, -0.2) is 0 Å². The summed E-state index contributed by atoms with van der Waals surface area (Å²) in [4.78, 5) is 2.36. The predicted molar refractivity (Wildman–Crippen MR) is 145 cm³/mol. The van der Waals surface area contributed by atoms with E-state index in [0.29, 0.717) is 12.4 Å². The molecule has 3 aromatic carbocycles. The second kappa shape index (κ2) is 10.9. The van der Waals surface area contributed by atoms with Gasteiger partial charge in [-0.05, 0) is 92.4 Å². The highest BCUT2D eigenvalue weighted by molar-refractivity contribution is 5.95. The van der Waals surface area contributed by atoms with Crippen molar-refractivity contribution < 1.29 is 24.8 Å². The topological polar surface area (TPSA) is 82.4 Å². The summed E-state index contributed by atoms with van der Waals surface area (Å²) in [5, 5.41) is 30.0. The van der Waals surface area contributed by atoms with Gasteiger partial charge in [0, 0.05) is 23.2 Å². The lowest BCUT2D eigenvalue weighted by Crippen LogP contribution is -2.48. The zero-order chi connectivity index (χ0) is 25.9. The number of benzene rings is 3. The van der Waals surface area contributed by atoms with E-state index < -0.39 is 0 Å². The fraction of sp³-hybridized carbons (Fsp3) is 0.355. The third-order valence-corrected chi connectivity index (χ3v) is 7.56. The number of nitrogens with zero attached hydrogens (tertiary/aromatic N) is 1. The van der Waals surface area contributed by atoms with E-state index in [4.69, 9.17) is 9.47 Å². The lowest BCUT2D eigenvalue weighted by molar-refractivity contribution is 0.0404. The highest BCUT2D eigenvalue weighted by atomic mass is 16.5. The molecule has 2 aliphatic heterocycles. The van der Waals surface area contributed by atoms with Crippen LogP contribution in [0.15, 0.2) is 66.7 Å². The zero-order valence-electron chi connectivity index (χ0n) is 21.4. The van der Waals surface area contributed by atoms with Gasteiger partial charge in [-0.15, -0.1) is 0 Å². The summed E-state index contributed by atoms with van der Waals surface area (Å²) in [5.41, 5.74) is 4.60. The molecule has 2 heterocycles. The maximum Gasteiger partial charge on any atom is 0.150 e. The minimum Gasteiger partial charge on any atom is -0.508 e. The molecule has 0 aliphatic carbocycles. The number of phenolic OH excluding ortho intramolecular Hbond substituents is 2. The molecule has 2 aliphatic rings. The van der Waals surface area contributed by atoms with Gasteiger partial charge in [-0.2, -0.15) is 0 Å². The Bertz CT molecular complexity index is 1270. The standard InChI is InChI=1S/C31H35NO5/c1-20(32-15-4-3-7-24(32)18-33)19-36-27-12-9-22(10-13-27)31-30(23-6-5-8-25(34)16-23)21(2)28-17-26(35)11-14-29(28)37-31/h5-6,8-14,16-17,20,24,31,33-35H,3-4,7,15,18-19H2,1-2H3/t20-,24-,31?/m0/s1. The molecule has 1 unspecified atom stereocenters. The molecule has 0 radical (unpaired) electrons. The van der Waals surface area contributed by atoms with Crippen molar-refractivity contribution in [1.82, 2.24) is 4.90 Å². The molecule has 0 aromatic heterocycles. The van der Waals surface area contributed by atoms with E-state index in [-0.39, 0.29) is 36.3 Å². The molecule has 0 spiro atoms. The van der Waals surface area contributed by atoms with E-state index in [0.717, 1.165) is 53.0 Å². The van der Waals surface area contributed by atoms with Crippen molar-refractivity contribution in [2.75, 3.05) is 19.8 Å². The molecule has 5 rings (SSSR count). The fourth-order valence-electron chi connectivity index (χ4n) is 5.57. The first kappa shape index (κ1) is 25.2. The van der Waals surface area contributed by atoms with Gasteiger partial charge >= 0.3 is 0 Å². The average molecular weight is 502 g/mol. The molecule has 1 fully saturated rings. The van der Waals surface area contributed by atoms with E-state index >= 15 is 0 Å². The molecule has 0 saturated carbocycles. The van der Waals surface area contributed by atoms with Crippen LogP contribution >= 0.6 is 0 Å². The van der Waals surface area contributed by atoms with Crippen LogP contribution in [0, 0.1) is 0 Å². The molecule has 6 nitrogen and oxygen atoms in total. The van der Waals surface area contributed by atoms with Crippen LogP contribution in [0.5, 0.6) is 23.0 Å². The molecule has 3 N–H and O–H groups in total. The summed E-state index contributed by atoms with van der Waals surface area (Å²) in [6.45, 7) is 5.92. The maximum absolute atomic E-state index is 10.2. The Morgan fingerprint density at radius 1 is 1.00 bits per heavy atom. The highest BCUT2D eigenvalue weighted by Crippen LogP contribution is 2.47. The summed E-state index contributed by atoms with van der Waals surface area (Å²) in [5.74, 6) is 1.86. The number of likely N-dealkylation sites (tertiary alicyclic amines) is 1. The SMILES string of the molecule is CC1=C(c2cccc(O)c2)C(c2ccc(OC[C@H](C)N3CCCC[C@H]3CO)cc2)Oc2ccc(O)cc21. The first-order chi connectivity index (χ1) is 17.9. The first-order valence-electron chi connectivity index (χ1n) is 13.0. The summed E-state index contributed by atoms with van der Waals surface area (Å²) in [6, 6.07) is 20.7. The van der Waals surface area contributed by atoms with Crippen molar-refractivity contribution in [3.63, 3.8) is 0 Å². The van der Waals surface area contributed by atoms with Crippen LogP contribution in [0.25, 0.3) is 11.1 Å². The van der Waals surface area contributed by atoms with E-state index in [1.54, 1.807) is 30.3 Å². The van der Waals surface area contributed by atoms with Crippen LogP contribution in [0.4, 0.5) is 0 Å². The number of ether oxygens (including phenoxy) is 2. The van der Waals surface area contributed by atoms with E-state index in [2.05, 4.69) is 11.8 Å². The Hall–Kier alpha value is -3.48. The van der Waals surface area contributed by atoms with Gasteiger partial charge in [0.15, 0.2) is 0 Å². The van der Waals surface area contributed by atoms with Crippen molar-refractivity contribution in [3.05, 3.63) is 83.4 Å². The number of aliphatic hydroxyl groups excluding tert-OH is 1. The van der Waals surface area contributed by atoms with Crippen molar-refractivity contribution >= 4 is 11.1 Å². The van der Waals surface area contributed by atoms with Crippen molar-refractivity contribution in [2.24, 2.45) is 0 Å². The predicted octanol–water partition coefficient (Wildman–Crippen LogP) is 5.78. The van der Waals surface area contributed by atoms with E-state index in [1.165, 1.54) is 6.42 Å². The van der Waals surface area contributed by atoms with Gasteiger partial charge < -0.3 is 24.8 Å². The quantitative estimate of drug-likeness (QED) is 0.381. The number of aliphatic hydroxyl groups is 1. The van der Waals surface area contributed by atoms with Gasteiger partial charge in [0.2, 0.25) is 0 Å². The molecule has 3 atom stereocenters. The van der Waals surface area contributed by atoms with Crippen LogP contribution in [0.2, 0.25) is 0 Å². The van der Waals surface area contributed by atoms with Gasteiger partial charge in [0.1, 0.15) is 35.7 Å². The third-order valence-electron chi connectivity index (χ3n) is 7.56. The third kappa shape index (κ3) is 5.31. The molecule has 0 bridgehead atoms. The number of phenols is 2. The summed E-state index contributed by atoms with van der Waals surface area (Å²) in [6.07, 6.45) is 2.98. The van der Waals surface area contributed by atoms with Crippen LogP contribution in [0.3, 0.4) is 0 Å². The van der Waals surface area contributed by atoms with Crippen LogP contribution in [0.1, 0.15) is 55.9 Å². The van der Waals surface area contributed by atoms with E-state index in [9.17, 15) is 15.3 Å². The zero-order valence-corrected chi connectivity index (χ0v) is 21.4. The Labute approximate surface area is 218 Å². The number of hydrogen-bond donors (Lipinski definition) is 3. The van der Waals surface area contributed by atoms with Crippen molar-refractivity contribution in [3.8, 4) is 23.0 Å². The Morgan fingerprint density at radius 3 is 2.54 bits per heavy atom. The lowest BCUT2D eigenvalue weighted by Gasteiger charge is -2.38. The minimum atomic E-state index is -0.384. The van der Waals surface area contributed by atoms with Crippen LogP contribution < -0.4 is 9.47 Å². The Morgan fingerprint density at radius 2 is 1.78 bits per heavy atom. The van der Waals surface area contributed by atoms with Crippen molar-refractivity contribution in [2.45, 2.75) is 51.3 Å². The molecular formula is C31H35NO5. The van der Waals surface area contributed by atoms with Gasteiger partial charge in [0.25, 0.3) is 0 Å². The Kier molecular flexibility index (Phi) is 7.40. The molecule has 6 heteroatoms. The maximum atomic E-state index is 10.2. The second-order valence-corrected chi connectivity index (χ2v) is 10.1. The minimum absolute atomic E-state index is 0.181. The molecule has 3 aromatic rings. The fourth-order valence-corrected chi connectivity index (χ4v) is 5.57. The normalized spacial score (nSPS) is 20.7. The summed E-state index contributed by atoms with van der Waals surface area (Å²) in [7, 11) is 0. The molecule has 37 heavy (non-hydrogen) atoms. The first-order valence-corrected chi connectivity index (χ1v) is 13.0. The van der Waals surface area contributed by atoms with Crippen LogP contribution in [-0.4, -0.2) is 52.1 Å². The molecule has 1 saturated heterocycles. The number of fused-ring (bicyclic) bond motifs is 1. The second-order valence-electron chi connectivity index (χ2n) is 10.1. The summed E-state index contributed by atoms with van der Waals surface area (Å²) >= 11 is 0. The van der Waals surface area contributed by atoms with Gasteiger partial charge in [-0.3, -0.25) is 4.90 Å². The van der Waals surface area contributed by atoms with Gasteiger partial charge in [-0.1, -0.05) is 30.7 Å². The smallest absolute Gasteiger partial charge is 0.150 e. The number of allylic oxidation sites excluding steroid dienone is 1. The number of rotatable bonds is 7. The Balaban J connectivity index is 1.38. The monoisotopic (exact) mass is 501 g/mol. The largest absolute Gasteiger partial charge is 0.508 e. The van der Waals surface area contributed by atoms with Crippen molar-refractivity contribution in [1.29, 1.82) is 0 Å². The van der Waals surface area contributed by atoms with Crippen LogP contribution in [-0.2, 0) is 0 Å². The number of piperidine rings is 1.